The normalized spacial score (nSPS) is 17.8. The number of likely N-dealkylation sites (tertiary alicyclic amines) is 1. The predicted molar refractivity (Wildman–Crippen MR) is 116 cm³/mol. The molecule has 1 aliphatic rings. The van der Waals surface area contributed by atoms with Crippen LogP contribution in [0.4, 0.5) is 4.79 Å². The summed E-state index contributed by atoms with van der Waals surface area (Å²) in [6.45, 7) is 1.37. The van der Waals surface area contributed by atoms with Crippen molar-refractivity contribution < 1.29 is 33.3 Å². The molecule has 1 saturated heterocycles. The molecule has 1 fully saturated rings. The molecule has 1 heterocycles. The number of methoxy groups -OCH3 is 1. The second kappa shape index (κ2) is 12.8. The molecule has 2 atom stereocenters. The number of ether oxygens (including phenoxy) is 5. The predicted octanol–water partition coefficient (Wildman–Crippen LogP) is 3.15. The monoisotopic (exact) mass is 443 g/mol. The number of esters is 1. The Kier molecular flexibility index (Phi) is 9.49. The molecule has 0 unspecified atom stereocenters. The van der Waals surface area contributed by atoms with E-state index in [1.54, 1.807) is 7.11 Å². The van der Waals surface area contributed by atoms with E-state index in [-0.39, 0.29) is 32.7 Å². The van der Waals surface area contributed by atoms with Gasteiger partial charge in [-0.2, -0.15) is 0 Å². The number of carbonyl (C=O) groups excluding carboxylic acids is 2. The second-order valence-corrected chi connectivity index (χ2v) is 7.34. The summed E-state index contributed by atoms with van der Waals surface area (Å²) in [5.74, 6) is -0.489. The molecule has 8 heteroatoms. The van der Waals surface area contributed by atoms with Crippen molar-refractivity contribution in [1.82, 2.24) is 4.90 Å². The van der Waals surface area contributed by atoms with E-state index in [9.17, 15) is 9.59 Å². The van der Waals surface area contributed by atoms with Gasteiger partial charge in [0.15, 0.2) is 0 Å². The van der Waals surface area contributed by atoms with Gasteiger partial charge in [-0.25, -0.2) is 9.59 Å². The number of benzene rings is 2. The van der Waals surface area contributed by atoms with E-state index >= 15 is 0 Å². The molecule has 0 spiro atoms. The summed E-state index contributed by atoms with van der Waals surface area (Å²) in [5, 5.41) is 0. The molecule has 1 amide bonds. The first kappa shape index (κ1) is 23.7. The molecule has 2 aromatic carbocycles. The standard InChI is InChI=1S/C24H29NO7/c1-28-12-13-29-18-32-21-14-22(23(26)30-16-19-8-4-2-5-9-19)25(15-21)24(27)31-17-20-10-6-3-7-11-20/h2-11,21-22H,12-18H2,1H3/t21-,22+/m1/s1. The van der Waals surface area contributed by atoms with E-state index in [1.807, 2.05) is 60.7 Å². The molecule has 0 saturated carbocycles. The van der Waals surface area contributed by atoms with Crippen molar-refractivity contribution in [3.05, 3.63) is 71.8 Å². The third-order valence-electron chi connectivity index (χ3n) is 5.02. The van der Waals surface area contributed by atoms with Crippen LogP contribution in [0.2, 0.25) is 0 Å². The quantitative estimate of drug-likeness (QED) is 0.300. The topological polar surface area (TPSA) is 83.5 Å². The maximum atomic E-state index is 12.8. The maximum Gasteiger partial charge on any atom is 0.410 e. The van der Waals surface area contributed by atoms with E-state index in [0.29, 0.717) is 19.6 Å². The van der Waals surface area contributed by atoms with Gasteiger partial charge in [0.05, 0.1) is 25.9 Å². The molecule has 1 aliphatic heterocycles. The van der Waals surface area contributed by atoms with Crippen LogP contribution in [0.5, 0.6) is 0 Å². The van der Waals surface area contributed by atoms with E-state index in [1.165, 1.54) is 4.90 Å². The zero-order valence-electron chi connectivity index (χ0n) is 18.2. The molecule has 172 valence electrons. The summed E-state index contributed by atoms with van der Waals surface area (Å²) < 4.78 is 26.9. The van der Waals surface area contributed by atoms with Crippen molar-refractivity contribution in [1.29, 1.82) is 0 Å². The van der Waals surface area contributed by atoms with Crippen molar-refractivity contribution in [2.45, 2.75) is 31.8 Å². The highest BCUT2D eigenvalue weighted by Crippen LogP contribution is 2.23. The van der Waals surface area contributed by atoms with Gasteiger partial charge >= 0.3 is 12.1 Å². The number of amides is 1. The zero-order chi connectivity index (χ0) is 22.6. The minimum Gasteiger partial charge on any atom is -0.459 e. The number of rotatable bonds is 11. The maximum absolute atomic E-state index is 12.8. The summed E-state index contributed by atoms with van der Waals surface area (Å²) in [6, 6.07) is 18.0. The zero-order valence-corrected chi connectivity index (χ0v) is 18.2. The van der Waals surface area contributed by atoms with Crippen LogP contribution in [0.15, 0.2) is 60.7 Å². The average Bonchev–Trinajstić information content (AvgIpc) is 3.26. The summed E-state index contributed by atoms with van der Waals surface area (Å²) in [5.41, 5.74) is 1.74. The summed E-state index contributed by atoms with van der Waals surface area (Å²) in [4.78, 5) is 26.9. The molecule has 32 heavy (non-hydrogen) atoms. The van der Waals surface area contributed by atoms with Crippen LogP contribution in [0, 0.1) is 0 Å². The Morgan fingerprint density at radius 2 is 1.53 bits per heavy atom. The van der Waals surface area contributed by atoms with E-state index in [0.717, 1.165) is 11.1 Å². The van der Waals surface area contributed by atoms with Gasteiger partial charge in [-0.05, 0) is 11.1 Å². The van der Waals surface area contributed by atoms with Crippen molar-refractivity contribution in [2.24, 2.45) is 0 Å². The van der Waals surface area contributed by atoms with Crippen molar-refractivity contribution in [3.8, 4) is 0 Å². The lowest BCUT2D eigenvalue weighted by molar-refractivity contribution is -0.150. The Morgan fingerprint density at radius 3 is 2.16 bits per heavy atom. The van der Waals surface area contributed by atoms with Crippen LogP contribution in [-0.2, 0) is 41.7 Å². The largest absolute Gasteiger partial charge is 0.459 e. The van der Waals surface area contributed by atoms with Crippen LogP contribution < -0.4 is 0 Å². The molecular formula is C24H29NO7. The first-order chi connectivity index (χ1) is 15.7. The molecular weight excluding hydrogens is 414 g/mol. The van der Waals surface area contributed by atoms with E-state index in [2.05, 4.69) is 0 Å². The van der Waals surface area contributed by atoms with Gasteiger partial charge in [-0.1, -0.05) is 60.7 Å². The number of nitrogens with zero attached hydrogens (tertiary/aromatic N) is 1. The Balaban J connectivity index is 1.57. The van der Waals surface area contributed by atoms with Gasteiger partial charge in [0.2, 0.25) is 0 Å². The third kappa shape index (κ3) is 7.33. The van der Waals surface area contributed by atoms with Crippen molar-refractivity contribution in [3.63, 3.8) is 0 Å². The first-order valence-electron chi connectivity index (χ1n) is 10.5. The fraction of sp³-hybridized carbons (Fsp3) is 0.417. The van der Waals surface area contributed by atoms with Gasteiger partial charge in [-0.3, -0.25) is 4.90 Å². The molecule has 2 aromatic rings. The lowest BCUT2D eigenvalue weighted by atomic mass is 10.2. The Bertz CT molecular complexity index is 767. The first-order valence-corrected chi connectivity index (χ1v) is 10.5. The summed E-state index contributed by atoms with van der Waals surface area (Å²) in [7, 11) is 1.59. The highest BCUT2D eigenvalue weighted by Gasteiger charge is 2.42. The van der Waals surface area contributed by atoms with Crippen LogP contribution in [0.1, 0.15) is 17.5 Å². The molecule has 0 bridgehead atoms. The van der Waals surface area contributed by atoms with Gasteiger partial charge in [0.25, 0.3) is 0 Å². The molecule has 0 radical (unpaired) electrons. The fourth-order valence-electron chi connectivity index (χ4n) is 3.32. The molecule has 8 nitrogen and oxygen atoms in total. The molecule has 0 N–H and O–H groups in total. The van der Waals surface area contributed by atoms with Crippen LogP contribution in [0.25, 0.3) is 0 Å². The van der Waals surface area contributed by atoms with Crippen LogP contribution >= 0.6 is 0 Å². The molecule has 0 aliphatic carbocycles. The Hall–Kier alpha value is -2.94. The SMILES string of the molecule is COCCOCO[C@@H]1C[C@@H](C(=O)OCc2ccccc2)N(C(=O)OCc2ccccc2)C1. The van der Waals surface area contributed by atoms with E-state index < -0.39 is 18.1 Å². The van der Waals surface area contributed by atoms with Gasteiger partial charge in [-0.15, -0.1) is 0 Å². The lowest BCUT2D eigenvalue weighted by Gasteiger charge is -2.22. The molecule has 3 rings (SSSR count). The highest BCUT2D eigenvalue weighted by molar-refractivity contribution is 5.82. The number of hydrogen-bond donors (Lipinski definition) is 0. The average molecular weight is 443 g/mol. The van der Waals surface area contributed by atoms with Crippen LogP contribution in [-0.4, -0.2) is 62.8 Å². The smallest absolute Gasteiger partial charge is 0.410 e. The van der Waals surface area contributed by atoms with Crippen LogP contribution in [0.3, 0.4) is 0 Å². The Morgan fingerprint density at radius 1 is 0.906 bits per heavy atom. The minimum atomic E-state index is -0.786. The van der Waals surface area contributed by atoms with Crippen molar-refractivity contribution >= 4 is 12.1 Å². The second-order valence-electron chi connectivity index (χ2n) is 7.34. The third-order valence-corrected chi connectivity index (χ3v) is 5.02. The van der Waals surface area contributed by atoms with Gasteiger partial charge < -0.3 is 23.7 Å². The van der Waals surface area contributed by atoms with Gasteiger partial charge in [0, 0.05) is 13.5 Å². The number of hydrogen-bond acceptors (Lipinski definition) is 7. The van der Waals surface area contributed by atoms with Gasteiger partial charge in [0.1, 0.15) is 26.0 Å². The molecule has 0 aromatic heterocycles. The minimum absolute atomic E-state index is 0.0483. The van der Waals surface area contributed by atoms with E-state index in [4.69, 9.17) is 23.7 Å². The summed E-state index contributed by atoms with van der Waals surface area (Å²) in [6.07, 6.45) is -0.639. The lowest BCUT2D eigenvalue weighted by Crippen LogP contribution is -2.41. The highest BCUT2D eigenvalue weighted by atomic mass is 16.7. The fourth-order valence-corrected chi connectivity index (χ4v) is 3.32. The Labute approximate surface area is 188 Å². The van der Waals surface area contributed by atoms with Crippen molar-refractivity contribution in [2.75, 3.05) is 33.7 Å². The summed E-state index contributed by atoms with van der Waals surface area (Å²) >= 11 is 0. The number of carbonyl (C=O) groups is 2.